The van der Waals surface area contributed by atoms with E-state index in [0.717, 1.165) is 25.1 Å². The van der Waals surface area contributed by atoms with E-state index in [2.05, 4.69) is 10.3 Å². The number of pyridine rings is 1. The first kappa shape index (κ1) is 16.5. The molecule has 2 heterocycles. The van der Waals surface area contributed by atoms with E-state index < -0.39 is 0 Å². The second-order valence-electron chi connectivity index (χ2n) is 5.77. The lowest BCUT2D eigenvalue weighted by Crippen LogP contribution is -2.27. The van der Waals surface area contributed by atoms with Gasteiger partial charge in [-0.1, -0.05) is 18.2 Å². The number of nitrogens with one attached hydrogen (secondary N) is 1. The van der Waals surface area contributed by atoms with Crippen LogP contribution in [0.3, 0.4) is 0 Å². The van der Waals surface area contributed by atoms with Gasteiger partial charge >= 0.3 is 0 Å². The van der Waals surface area contributed by atoms with Crippen molar-refractivity contribution in [1.29, 1.82) is 0 Å². The zero-order valence-corrected chi connectivity index (χ0v) is 13.6. The first-order valence-corrected chi connectivity index (χ1v) is 8.34. The Kier molecular flexibility index (Phi) is 5.80. The number of carbonyl (C=O) groups is 1. The highest BCUT2D eigenvalue weighted by atomic mass is 16.5. The molecule has 0 unspecified atom stereocenters. The van der Waals surface area contributed by atoms with Crippen LogP contribution in [0.15, 0.2) is 48.7 Å². The summed E-state index contributed by atoms with van der Waals surface area (Å²) in [4.78, 5) is 16.7. The van der Waals surface area contributed by atoms with Crippen molar-refractivity contribution in [1.82, 2.24) is 10.3 Å². The summed E-state index contributed by atoms with van der Waals surface area (Å²) >= 11 is 0. The minimum absolute atomic E-state index is 0.130. The molecule has 1 aliphatic heterocycles. The molecular formula is C19H22N2O3. The maximum atomic E-state index is 12.4. The summed E-state index contributed by atoms with van der Waals surface area (Å²) in [7, 11) is 0. The molecule has 1 amide bonds. The van der Waals surface area contributed by atoms with Crippen molar-refractivity contribution in [3.05, 3.63) is 59.9 Å². The Labute approximate surface area is 142 Å². The zero-order valence-electron chi connectivity index (χ0n) is 13.6. The molecule has 0 spiro atoms. The number of aromatic nitrogens is 1. The third kappa shape index (κ3) is 4.55. The van der Waals surface area contributed by atoms with Crippen LogP contribution < -0.4 is 10.1 Å². The van der Waals surface area contributed by atoms with Crippen molar-refractivity contribution in [2.75, 3.05) is 19.8 Å². The summed E-state index contributed by atoms with van der Waals surface area (Å²) in [6, 6.07) is 13.1. The molecule has 1 fully saturated rings. The molecule has 0 bridgehead atoms. The second kappa shape index (κ2) is 8.45. The molecule has 1 aromatic heterocycles. The van der Waals surface area contributed by atoms with E-state index in [1.807, 2.05) is 36.4 Å². The highest BCUT2D eigenvalue weighted by molar-refractivity contribution is 5.96. The minimum atomic E-state index is -0.131. The fraction of sp³-hybridized carbons (Fsp3) is 0.368. The lowest BCUT2D eigenvalue weighted by molar-refractivity contribution is 0.0670. The molecule has 0 radical (unpaired) electrons. The van der Waals surface area contributed by atoms with Crippen molar-refractivity contribution in [3.8, 4) is 5.75 Å². The molecule has 126 valence electrons. The SMILES string of the molecule is O=C(NCCc1ccccn1)c1ccccc1OC[C@@H]1CCCO1. The van der Waals surface area contributed by atoms with E-state index in [-0.39, 0.29) is 12.0 Å². The molecule has 0 aliphatic carbocycles. The van der Waals surface area contributed by atoms with Gasteiger partial charge in [-0.05, 0) is 37.1 Å². The summed E-state index contributed by atoms with van der Waals surface area (Å²) in [5, 5.41) is 2.93. The van der Waals surface area contributed by atoms with Gasteiger partial charge in [0.25, 0.3) is 5.91 Å². The molecule has 2 aromatic rings. The predicted molar refractivity (Wildman–Crippen MR) is 91.2 cm³/mol. The van der Waals surface area contributed by atoms with E-state index in [4.69, 9.17) is 9.47 Å². The van der Waals surface area contributed by atoms with Crippen LogP contribution in [0.5, 0.6) is 5.75 Å². The third-order valence-electron chi connectivity index (χ3n) is 3.97. The van der Waals surface area contributed by atoms with Gasteiger partial charge in [0, 0.05) is 31.5 Å². The molecule has 1 aliphatic rings. The van der Waals surface area contributed by atoms with Crippen molar-refractivity contribution in [2.24, 2.45) is 0 Å². The van der Waals surface area contributed by atoms with E-state index >= 15 is 0 Å². The average molecular weight is 326 g/mol. The fourth-order valence-electron chi connectivity index (χ4n) is 2.68. The van der Waals surface area contributed by atoms with Gasteiger partial charge in [0.05, 0.1) is 11.7 Å². The Morgan fingerprint density at radius 3 is 2.92 bits per heavy atom. The van der Waals surface area contributed by atoms with Crippen molar-refractivity contribution in [2.45, 2.75) is 25.4 Å². The molecular weight excluding hydrogens is 304 g/mol. The quantitative estimate of drug-likeness (QED) is 0.850. The van der Waals surface area contributed by atoms with E-state index in [0.29, 0.717) is 30.9 Å². The number of hydrogen-bond acceptors (Lipinski definition) is 4. The average Bonchev–Trinajstić information content (AvgIpc) is 3.14. The number of nitrogens with zero attached hydrogens (tertiary/aromatic N) is 1. The van der Waals surface area contributed by atoms with Crippen LogP contribution >= 0.6 is 0 Å². The van der Waals surface area contributed by atoms with Crippen LogP contribution in [0.2, 0.25) is 0 Å². The minimum Gasteiger partial charge on any atom is -0.490 e. The molecule has 1 atom stereocenters. The lowest BCUT2D eigenvalue weighted by Gasteiger charge is -2.14. The smallest absolute Gasteiger partial charge is 0.255 e. The third-order valence-corrected chi connectivity index (χ3v) is 3.97. The normalized spacial score (nSPS) is 16.8. The Hall–Kier alpha value is -2.40. The van der Waals surface area contributed by atoms with Gasteiger partial charge in [-0.2, -0.15) is 0 Å². The molecule has 1 N–H and O–H groups in total. The number of carbonyl (C=O) groups excluding carboxylic acids is 1. The van der Waals surface area contributed by atoms with E-state index in [9.17, 15) is 4.79 Å². The van der Waals surface area contributed by atoms with Crippen LogP contribution in [0.25, 0.3) is 0 Å². The number of hydrogen-bond donors (Lipinski definition) is 1. The van der Waals surface area contributed by atoms with Crippen LogP contribution in [-0.2, 0) is 11.2 Å². The van der Waals surface area contributed by atoms with Gasteiger partial charge in [0.15, 0.2) is 0 Å². The van der Waals surface area contributed by atoms with Crippen LogP contribution in [0.1, 0.15) is 28.9 Å². The zero-order chi connectivity index (χ0) is 16.6. The Morgan fingerprint density at radius 2 is 2.12 bits per heavy atom. The summed E-state index contributed by atoms with van der Waals surface area (Å²) < 4.78 is 11.4. The van der Waals surface area contributed by atoms with Crippen molar-refractivity contribution < 1.29 is 14.3 Å². The topological polar surface area (TPSA) is 60.5 Å². The molecule has 5 nitrogen and oxygen atoms in total. The van der Waals surface area contributed by atoms with Gasteiger partial charge in [0.1, 0.15) is 12.4 Å². The van der Waals surface area contributed by atoms with Crippen LogP contribution in [-0.4, -0.2) is 36.8 Å². The molecule has 1 aromatic carbocycles. The maximum Gasteiger partial charge on any atom is 0.255 e. The second-order valence-corrected chi connectivity index (χ2v) is 5.77. The number of ether oxygens (including phenoxy) is 2. The molecule has 1 saturated heterocycles. The molecule has 3 rings (SSSR count). The Bertz CT molecular complexity index is 655. The maximum absolute atomic E-state index is 12.4. The molecule has 0 saturated carbocycles. The number of rotatable bonds is 7. The van der Waals surface area contributed by atoms with Crippen LogP contribution in [0, 0.1) is 0 Å². The monoisotopic (exact) mass is 326 g/mol. The standard InChI is InChI=1S/C19H22N2O3/c22-19(21-12-10-15-6-3-4-11-20-15)17-8-1-2-9-18(17)24-14-16-7-5-13-23-16/h1-4,6,8-9,11,16H,5,7,10,12-14H2,(H,21,22)/t16-/m0/s1. The van der Waals surface area contributed by atoms with Crippen molar-refractivity contribution in [3.63, 3.8) is 0 Å². The Morgan fingerprint density at radius 1 is 1.25 bits per heavy atom. The Balaban J connectivity index is 1.53. The summed E-state index contributed by atoms with van der Waals surface area (Å²) in [6.45, 7) is 1.82. The first-order chi connectivity index (χ1) is 11.8. The van der Waals surface area contributed by atoms with Crippen molar-refractivity contribution >= 4 is 5.91 Å². The number of amides is 1. The van der Waals surface area contributed by atoms with E-state index in [1.54, 1.807) is 12.3 Å². The van der Waals surface area contributed by atoms with Gasteiger partial charge in [-0.15, -0.1) is 0 Å². The predicted octanol–water partition coefficient (Wildman–Crippen LogP) is 2.61. The first-order valence-electron chi connectivity index (χ1n) is 8.34. The molecule has 24 heavy (non-hydrogen) atoms. The summed E-state index contributed by atoms with van der Waals surface area (Å²) in [6.07, 6.45) is 4.67. The lowest BCUT2D eigenvalue weighted by atomic mass is 10.2. The van der Waals surface area contributed by atoms with Gasteiger partial charge in [0.2, 0.25) is 0 Å². The van der Waals surface area contributed by atoms with Gasteiger partial charge in [-0.3, -0.25) is 9.78 Å². The van der Waals surface area contributed by atoms with Crippen LogP contribution in [0.4, 0.5) is 0 Å². The summed E-state index contributed by atoms with van der Waals surface area (Å²) in [5.74, 6) is 0.470. The van der Waals surface area contributed by atoms with Gasteiger partial charge in [-0.25, -0.2) is 0 Å². The summed E-state index contributed by atoms with van der Waals surface area (Å²) in [5.41, 5.74) is 1.51. The molecule has 5 heteroatoms. The largest absolute Gasteiger partial charge is 0.490 e. The van der Waals surface area contributed by atoms with Gasteiger partial charge < -0.3 is 14.8 Å². The highest BCUT2D eigenvalue weighted by Gasteiger charge is 2.18. The fourth-order valence-corrected chi connectivity index (χ4v) is 2.68. The highest BCUT2D eigenvalue weighted by Crippen LogP contribution is 2.20. The number of benzene rings is 1. The van der Waals surface area contributed by atoms with E-state index in [1.165, 1.54) is 0 Å². The number of para-hydroxylation sites is 1.